The zero-order valence-corrected chi connectivity index (χ0v) is 8.02. The summed E-state index contributed by atoms with van der Waals surface area (Å²) in [5.74, 6) is -4.08. The highest BCUT2D eigenvalue weighted by Gasteiger charge is 2.29. The zero-order chi connectivity index (χ0) is 10.9. The zero-order valence-electron chi connectivity index (χ0n) is 8.02. The highest BCUT2D eigenvalue weighted by atomic mass is 19.3. The minimum atomic E-state index is -3.17. The standard InChI is InChI=1S/C10H12F3N/c1-6(14)7-4-3-5-8(9(7)11)10(2,12)13/h3-6H,14H2,1-2H3. The van der Waals surface area contributed by atoms with E-state index in [0.29, 0.717) is 6.92 Å². The monoisotopic (exact) mass is 203 g/mol. The summed E-state index contributed by atoms with van der Waals surface area (Å²) in [5, 5.41) is 0. The molecule has 14 heavy (non-hydrogen) atoms. The van der Waals surface area contributed by atoms with Crippen molar-refractivity contribution in [2.45, 2.75) is 25.8 Å². The van der Waals surface area contributed by atoms with Gasteiger partial charge in [0, 0.05) is 18.5 Å². The third kappa shape index (κ3) is 2.07. The van der Waals surface area contributed by atoms with Gasteiger partial charge in [-0.05, 0) is 6.92 Å². The molecule has 0 spiro atoms. The van der Waals surface area contributed by atoms with Crippen molar-refractivity contribution in [3.05, 3.63) is 35.1 Å². The van der Waals surface area contributed by atoms with Gasteiger partial charge in [0.1, 0.15) is 5.82 Å². The lowest BCUT2D eigenvalue weighted by atomic mass is 10.0. The second-order valence-electron chi connectivity index (χ2n) is 3.39. The summed E-state index contributed by atoms with van der Waals surface area (Å²) in [4.78, 5) is 0. The van der Waals surface area contributed by atoms with Crippen LogP contribution in [0.15, 0.2) is 18.2 Å². The minimum Gasteiger partial charge on any atom is -0.324 e. The fourth-order valence-corrected chi connectivity index (χ4v) is 1.24. The maximum Gasteiger partial charge on any atom is 0.273 e. The Morgan fingerprint density at radius 1 is 1.36 bits per heavy atom. The summed E-state index contributed by atoms with van der Waals surface area (Å²) < 4.78 is 39.2. The molecule has 0 bridgehead atoms. The normalized spacial score (nSPS) is 14.1. The summed E-state index contributed by atoms with van der Waals surface area (Å²) >= 11 is 0. The number of nitrogens with two attached hydrogens (primary N) is 1. The molecule has 4 heteroatoms. The van der Waals surface area contributed by atoms with E-state index in [1.54, 1.807) is 6.92 Å². The summed E-state index contributed by atoms with van der Waals surface area (Å²) in [6.07, 6.45) is 0. The number of benzene rings is 1. The molecule has 0 saturated carbocycles. The molecule has 1 rings (SSSR count). The highest BCUT2D eigenvalue weighted by molar-refractivity contribution is 5.30. The first kappa shape index (κ1) is 11.0. The first-order valence-electron chi connectivity index (χ1n) is 4.26. The van der Waals surface area contributed by atoms with E-state index in [1.165, 1.54) is 12.1 Å². The quantitative estimate of drug-likeness (QED) is 0.785. The first-order chi connectivity index (χ1) is 6.34. The predicted molar refractivity (Wildman–Crippen MR) is 48.6 cm³/mol. The maximum atomic E-state index is 13.5. The van der Waals surface area contributed by atoms with Crippen molar-refractivity contribution in [3.63, 3.8) is 0 Å². The number of alkyl halides is 2. The maximum absolute atomic E-state index is 13.5. The Morgan fingerprint density at radius 3 is 2.36 bits per heavy atom. The van der Waals surface area contributed by atoms with Crippen LogP contribution in [-0.4, -0.2) is 0 Å². The van der Waals surface area contributed by atoms with Crippen molar-refractivity contribution in [1.82, 2.24) is 0 Å². The molecule has 0 amide bonds. The van der Waals surface area contributed by atoms with E-state index in [4.69, 9.17) is 5.73 Å². The van der Waals surface area contributed by atoms with Crippen molar-refractivity contribution in [1.29, 1.82) is 0 Å². The third-order valence-corrected chi connectivity index (χ3v) is 1.99. The van der Waals surface area contributed by atoms with Crippen LogP contribution in [0.4, 0.5) is 13.2 Å². The summed E-state index contributed by atoms with van der Waals surface area (Å²) in [7, 11) is 0. The van der Waals surface area contributed by atoms with E-state index in [1.807, 2.05) is 0 Å². The number of hydrogen-bond donors (Lipinski definition) is 1. The molecular formula is C10H12F3N. The fourth-order valence-electron chi connectivity index (χ4n) is 1.24. The van der Waals surface area contributed by atoms with Crippen LogP contribution < -0.4 is 5.73 Å². The van der Waals surface area contributed by atoms with Gasteiger partial charge in [0.15, 0.2) is 0 Å². The molecule has 0 heterocycles. The van der Waals surface area contributed by atoms with Gasteiger partial charge in [-0.25, -0.2) is 13.2 Å². The topological polar surface area (TPSA) is 26.0 Å². The Hall–Kier alpha value is -1.03. The lowest BCUT2D eigenvalue weighted by molar-refractivity contribution is 0.0135. The van der Waals surface area contributed by atoms with E-state index in [-0.39, 0.29) is 5.56 Å². The largest absolute Gasteiger partial charge is 0.324 e. The van der Waals surface area contributed by atoms with E-state index in [9.17, 15) is 13.2 Å². The summed E-state index contributed by atoms with van der Waals surface area (Å²) in [5.41, 5.74) is 4.95. The van der Waals surface area contributed by atoms with Gasteiger partial charge >= 0.3 is 0 Å². The van der Waals surface area contributed by atoms with Crippen molar-refractivity contribution in [2.75, 3.05) is 0 Å². The van der Waals surface area contributed by atoms with Gasteiger partial charge in [0.25, 0.3) is 5.92 Å². The molecule has 0 fully saturated rings. The van der Waals surface area contributed by atoms with Gasteiger partial charge in [-0.15, -0.1) is 0 Å². The van der Waals surface area contributed by atoms with Gasteiger partial charge in [-0.3, -0.25) is 0 Å². The molecule has 0 aromatic heterocycles. The smallest absolute Gasteiger partial charge is 0.273 e. The third-order valence-electron chi connectivity index (χ3n) is 1.99. The Morgan fingerprint density at radius 2 is 1.93 bits per heavy atom. The molecule has 0 saturated heterocycles. The molecule has 0 aliphatic carbocycles. The molecule has 0 aliphatic rings. The fraction of sp³-hybridized carbons (Fsp3) is 0.400. The number of hydrogen-bond acceptors (Lipinski definition) is 1. The number of halogens is 3. The molecule has 1 atom stereocenters. The average Bonchev–Trinajstić information content (AvgIpc) is 2.01. The minimum absolute atomic E-state index is 0.115. The SMILES string of the molecule is CC(N)c1cccc(C(C)(F)F)c1F. The Bertz CT molecular complexity index is 329. The average molecular weight is 203 g/mol. The highest BCUT2D eigenvalue weighted by Crippen LogP contribution is 2.31. The van der Waals surface area contributed by atoms with Crippen molar-refractivity contribution in [3.8, 4) is 0 Å². The Labute approximate surface area is 80.7 Å². The second kappa shape index (κ2) is 3.61. The van der Waals surface area contributed by atoms with Crippen LogP contribution >= 0.6 is 0 Å². The summed E-state index contributed by atoms with van der Waals surface area (Å²) in [6, 6.07) is 3.28. The van der Waals surface area contributed by atoms with Crippen LogP contribution in [0.1, 0.15) is 31.0 Å². The van der Waals surface area contributed by atoms with Crippen molar-refractivity contribution in [2.24, 2.45) is 5.73 Å². The van der Waals surface area contributed by atoms with Crippen LogP contribution in [0.2, 0.25) is 0 Å². The van der Waals surface area contributed by atoms with Crippen LogP contribution in [0.5, 0.6) is 0 Å². The second-order valence-corrected chi connectivity index (χ2v) is 3.39. The van der Waals surface area contributed by atoms with E-state index in [0.717, 1.165) is 6.07 Å². The lowest BCUT2D eigenvalue weighted by Gasteiger charge is -2.15. The van der Waals surface area contributed by atoms with E-state index < -0.39 is 23.3 Å². The van der Waals surface area contributed by atoms with Gasteiger partial charge in [-0.2, -0.15) is 0 Å². The van der Waals surface area contributed by atoms with Gasteiger partial charge in [0.2, 0.25) is 0 Å². The molecular weight excluding hydrogens is 191 g/mol. The predicted octanol–water partition coefficient (Wildman–Crippen LogP) is 2.96. The molecule has 78 valence electrons. The van der Waals surface area contributed by atoms with Crippen molar-refractivity contribution >= 4 is 0 Å². The van der Waals surface area contributed by atoms with Gasteiger partial charge in [0.05, 0.1) is 5.56 Å². The lowest BCUT2D eigenvalue weighted by Crippen LogP contribution is -2.14. The Balaban J connectivity index is 3.28. The van der Waals surface area contributed by atoms with E-state index >= 15 is 0 Å². The van der Waals surface area contributed by atoms with Crippen molar-refractivity contribution < 1.29 is 13.2 Å². The van der Waals surface area contributed by atoms with Gasteiger partial charge in [-0.1, -0.05) is 18.2 Å². The van der Waals surface area contributed by atoms with Crippen LogP contribution in [0.3, 0.4) is 0 Å². The molecule has 1 aromatic carbocycles. The molecule has 1 aromatic rings. The van der Waals surface area contributed by atoms with Crippen LogP contribution in [0, 0.1) is 5.82 Å². The molecule has 0 aliphatic heterocycles. The number of rotatable bonds is 2. The Kier molecular flexibility index (Phi) is 2.85. The molecule has 0 radical (unpaired) electrons. The molecule has 1 unspecified atom stereocenters. The molecule has 2 N–H and O–H groups in total. The summed E-state index contributed by atoms with van der Waals surface area (Å²) in [6.45, 7) is 2.21. The first-order valence-corrected chi connectivity index (χ1v) is 4.26. The van der Waals surface area contributed by atoms with Gasteiger partial charge < -0.3 is 5.73 Å². The van der Waals surface area contributed by atoms with E-state index in [2.05, 4.69) is 0 Å². The van der Waals surface area contributed by atoms with Crippen LogP contribution in [0.25, 0.3) is 0 Å². The van der Waals surface area contributed by atoms with Crippen LogP contribution in [-0.2, 0) is 5.92 Å². The molecule has 1 nitrogen and oxygen atoms in total.